The highest BCUT2D eigenvalue weighted by Gasteiger charge is 2.44. The Morgan fingerprint density at radius 1 is 1.06 bits per heavy atom. The van der Waals surface area contributed by atoms with Crippen molar-refractivity contribution in [2.45, 2.75) is 102 Å². The topological polar surface area (TPSA) is 57.6 Å². The number of hydrogen-bond acceptors (Lipinski definition) is 5. The van der Waals surface area contributed by atoms with E-state index in [-0.39, 0.29) is 11.5 Å². The maximum absolute atomic E-state index is 11.9. The van der Waals surface area contributed by atoms with Crippen molar-refractivity contribution in [1.29, 1.82) is 0 Å². The zero-order valence-electron chi connectivity index (χ0n) is 21.1. The molecule has 33 heavy (non-hydrogen) atoms. The number of hydrogen-bond donors (Lipinski definition) is 2. The van der Waals surface area contributed by atoms with Gasteiger partial charge < -0.3 is 20.1 Å². The second-order valence-electron chi connectivity index (χ2n) is 11.0. The predicted octanol–water partition coefficient (Wildman–Crippen LogP) is 5.53. The number of piperidine rings is 2. The molecule has 1 saturated carbocycles. The molecular formula is C28H47N3O2. The minimum Gasteiger partial charge on any atom is -0.365 e. The molecule has 186 valence electrons. The van der Waals surface area contributed by atoms with Crippen LogP contribution in [0.3, 0.4) is 0 Å². The van der Waals surface area contributed by atoms with Crippen molar-refractivity contribution in [2.24, 2.45) is 17.8 Å². The number of aliphatic hydroxyl groups is 1. The summed E-state index contributed by atoms with van der Waals surface area (Å²) in [5.74, 6) is 1.52. The van der Waals surface area contributed by atoms with E-state index in [2.05, 4.69) is 41.2 Å². The molecule has 5 nitrogen and oxygen atoms in total. The SMILES string of the molecule is CCC1(CC)CC(COC(O)(CC2CCCCC2)C2CCNCC2)CCN1c1ccccn1. The Bertz CT molecular complexity index is 698. The molecule has 0 spiro atoms. The van der Waals surface area contributed by atoms with Crippen molar-refractivity contribution >= 4 is 5.82 Å². The monoisotopic (exact) mass is 457 g/mol. The van der Waals surface area contributed by atoms with Crippen LogP contribution in [0.5, 0.6) is 0 Å². The third-order valence-corrected chi connectivity index (χ3v) is 9.10. The van der Waals surface area contributed by atoms with Crippen LogP contribution >= 0.6 is 0 Å². The largest absolute Gasteiger partial charge is 0.365 e. The molecule has 0 amide bonds. The predicted molar refractivity (Wildman–Crippen MR) is 135 cm³/mol. The van der Waals surface area contributed by atoms with Crippen molar-refractivity contribution in [2.75, 3.05) is 31.1 Å². The van der Waals surface area contributed by atoms with E-state index in [0.29, 0.717) is 18.4 Å². The van der Waals surface area contributed by atoms with Crippen molar-refractivity contribution in [3.05, 3.63) is 24.4 Å². The summed E-state index contributed by atoms with van der Waals surface area (Å²) in [5, 5.41) is 15.4. The normalized spacial score (nSPS) is 26.8. The molecule has 1 aliphatic carbocycles. The molecule has 0 radical (unpaired) electrons. The molecule has 0 bridgehead atoms. The molecule has 3 fully saturated rings. The molecule has 2 unspecified atom stereocenters. The van der Waals surface area contributed by atoms with Crippen LogP contribution in [0.4, 0.5) is 5.82 Å². The lowest BCUT2D eigenvalue weighted by Gasteiger charge is -2.50. The van der Waals surface area contributed by atoms with E-state index in [0.717, 1.165) is 70.4 Å². The minimum atomic E-state index is -0.955. The molecule has 3 heterocycles. The van der Waals surface area contributed by atoms with Gasteiger partial charge in [-0.1, -0.05) is 52.0 Å². The number of nitrogens with zero attached hydrogens (tertiary/aromatic N) is 2. The van der Waals surface area contributed by atoms with Gasteiger partial charge in [-0.25, -0.2) is 4.98 Å². The van der Waals surface area contributed by atoms with Crippen molar-refractivity contribution in [1.82, 2.24) is 10.3 Å². The molecule has 2 atom stereocenters. The van der Waals surface area contributed by atoms with E-state index >= 15 is 0 Å². The van der Waals surface area contributed by atoms with Gasteiger partial charge in [-0.05, 0) is 75.6 Å². The van der Waals surface area contributed by atoms with Crippen molar-refractivity contribution < 1.29 is 9.84 Å². The van der Waals surface area contributed by atoms with Crippen LogP contribution in [-0.2, 0) is 4.74 Å². The second kappa shape index (κ2) is 11.5. The van der Waals surface area contributed by atoms with Crippen LogP contribution in [0.2, 0.25) is 0 Å². The van der Waals surface area contributed by atoms with Crippen LogP contribution in [0.25, 0.3) is 0 Å². The van der Waals surface area contributed by atoms with Gasteiger partial charge in [-0.3, -0.25) is 0 Å². The van der Waals surface area contributed by atoms with Gasteiger partial charge in [-0.2, -0.15) is 0 Å². The zero-order valence-corrected chi connectivity index (χ0v) is 21.1. The van der Waals surface area contributed by atoms with E-state index in [1.807, 2.05) is 12.3 Å². The lowest BCUT2D eigenvalue weighted by atomic mass is 9.76. The van der Waals surface area contributed by atoms with Crippen LogP contribution in [0, 0.1) is 17.8 Å². The van der Waals surface area contributed by atoms with Gasteiger partial charge in [0.05, 0.1) is 6.61 Å². The van der Waals surface area contributed by atoms with E-state index < -0.39 is 5.79 Å². The number of pyridine rings is 1. The molecule has 2 aliphatic heterocycles. The first-order valence-corrected chi connectivity index (χ1v) is 13.8. The molecule has 4 rings (SSSR count). The number of ether oxygens (including phenoxy) is 1. The summed E-state index contributed by atoms with van der Waals surface area (Å²) in [4.78, 5) is 7.22. The molecule has 1 aromatic rings. The summed E-state index contributed by atoms with van der Waals surface area (Å²) >= 11 is 0. The van der Waals surface area contributed by atoms with E-state index in [4.69, 9.17) is 4.74 Å². The third-order valence-electron chi connectivity index (χ3n) is 9.10. The number of nitrogens with one attached hydrogen (secondary N) is 1. The van der Waals surface area contributed by atoms with Gasteiger partial charge in [0, 0.05) is 30.6 Å². The van der Waals surface area contributed by atoms with E-state index in [1.54, 1.807) is 0 Å². The fourth-order valence-electron chi connectivity index (χ4n) is 6.92. The average molecular weight is 458 g/mol. The van der Waals surface area contributed by atoms with Gasteiger partial charge in [0.1, 0.15) is 5.82 Å². The van der Waals surface area contributed by atoms with Crippen LogP contribution in [-0.4, -0.2) is 47.7 Å². The van der Waals surface area contributed by atoms with Crippen molar-refractivity contribution in [3.63, 3.8) is 0 Å². The van der Waals surface area contributed by atoms with Gasteiger partial charge >= 0.3 is 0 Å². The maximum atomic E-state index is 11.9. The summed E-state index contributed by atoms with van der Waals surface area (Å²) in [6.07, 6.45) is 15.7. The molecule has 0 aromatic carbocycles. The number of anilines is 1. The van der Waals surface area contributed by atoms with Crippen LogP contribution in [0.1, 0.15) is 90.9 Å². The van der Waals surface area contributed by atoms with E-state index in [9.17, 15) is 5.11 Å². The lowest BCUT2D eigenvalue weighted by molar-refractivity contribution is -0.258. The van der Waals surface area contributed by atoms with Crippen LogP contribution < -0.4 is 10.2 Å². The van der Waals surface area contributed by atoms with E-state index in [1.165, 1.54) is 32.1 Å². The Morgan fingerprint density at radius 2 is 1.82 bits per heavy atom. The van der Waals surface area contributed by atoms with Gasteiger partial charge in [-0.15, -0.1) is 0 Å². The van der Waals surface area contributed by atoms with Crippen LogP contribution in [0.15, 0.2) is 24.4 Å². The Labute approximate surface area is 201 Å². The highest BCUT2D eigenvalue weighted by atomic mass is 16.6. The first-order chi connectivity index (χ1) is 16.1. The van der Waals surface area contributed by atoms with Crippen molar-refractivity contribution in [3.8, 4) is 0 Å². The first-order valence-electron chi connectivity index (χ1n) is 13.8. The number of aromatic nitrogens is 1. The quantitative estimate of drug-likeness (QED) is 0.477. The molecule has 2 N–H and O–H groups in total. The Hall–Kier alpha value is -1.17. The summed E-state index contributed by atoms with van der Waals surface area (Å²) in [5.41, 5.74) is 0.122. The summed E-state index contributed by atoms with van der Waals surface area (Å²) in [6, 6.07) is 6.24. The smallest absolute Gasteiger partial charge is 0.168 e. The Balaban J connectivity index is 1.43. The Morgan fingerprint density at radius 3 is 2.48 bits per heavy atom. The maximum Gasteiger partial charge on any atom is 0.168 e. The average Bonchev–Trinajstić information content (AvgIpc) is 2.89. The fraction of sp³-hybridized carbons (Fsp3) is 0.821. The second-order valence-corrected chi connectivity index (χ2v) is 11.0. The molecule has 5 heteroatoms. The third kappa shape index (κ3) is 5.91. The fourth-order valence-corrected chi connectivity index (χ4v) is 6.92. The van der Waals surface area contributed by atoms with Gasteiger partial charge in [0.2, 0.25) is 0 Å². The summed E-state index contributed by atoms with van der Waals surface area (Å²) < 4.78 is 6.63. The molecular weight excluding hydrogens is 410 g/mol. The molecule has 1 aromatic heterocycles. The highest BCUT2D eigenvalue weighted by Crippen LogP contribution is 2.42. The standard InChI is InChI=1S/C28H47N3O2/c1-3-27(4-2)20-24(15-19-31(27)26-12-8-9-16-30-26)22-33-28(32,25-13-17-29-18-14-25)21-23-10-6-5-7-11-23/h8-9,12,16,23-25,29,32H,3-7,10-11,13-15,17-22H2,1-2H3. The zero-order chi connectivity index (χ0) is 23.2. The van der Waals surface area contributed by atoms with Gasteiger partial charge in [0.15, 0.2) is 5.79 Å². The Kier molecular flexibility index (Phi) is 8.69. The molecule has 3 aliphatic rings. The summed E-state index contributed by atoms with van der Waals surface area (Å²) in [6.45, 7) is 8.33. The minimum absolute atomic E-state index is 0.122. The highest BCUT2D eigenvalue weighted by molar-refractivity contribution is 5.42. The van der Waals surface area contributed by atoms with Gasteiger partial charge in [0.25, 0.3) is 0 Å². The first kappa shape index (κ1) is 24.9. The summed E-state index contributed by atoms with van der Waals surface area (Å²) in [7, 11) is 0. The number of rotatable bonds is 9. The molecule has 2 saturated heterocycles. The lowest BCUT2D eigenvalue weighted by Crippen LogP contribution is -2.55.